The first kappa shape index (κ1) is 16.3. The van der Waals surface area contributed by atoms with Crippen LogP contribution in [-0.4, -0.2) is 49.8 Å². The summed E-state index contributed by atoms with van der Waals surface area (Å²) in [7, 11) is 0. The first-order valence-electron chi connectivity index (χ1n) is 8.56. The second-order valence-electron chi connectivity index (χ2n) is 7.72. The summed E-state index contributed by atoms with van der Waals surface area (Å²) >= 11 is 0. The van der Waals surface area contributed by atoms with Crippen molar-refractivity contribution in [3.05, 3.63) is 0 Å². The predicted molar refractivity (Wildman–Crippen MR) is 85.1 cm³/mol. The van der Waals surface area contributed by atoms with E-state index in [0.717, 1.165) is 31.7 Å². The smallest absolute Gasteiger partial charge is 0.0547 e. The van der Waals surface area contributed by atoms with Gasteiger partial charge in [-0.25, -0.2) is 0 Å². The molecule has 0 radical (unpaired) electrons. The Morgan fingerprint density at radius 1 is 1.25 bits per heavy atom. The van der Waals surface area contributed by atoms with Crippen LogP contribution in [0, 0.1) is 11.3 Å². The third-order valence-electron chi connectivity index (χ3n) is 4.67. The number of hydrogen-bond donors (Lipinski definition) is 1. The second kappa shape index (κ2) is 7.24. The Labute approximate surface area is 125 Å². The summed E-state index contributed by atoms with van der Waals surface area (Å²) in [5.41, 5.74) is 0.351. The van der Waals surface area contributed by atoms with E-state index in [2.05, 4.69) is 37.9 Å². The van der Waals surface area contributed by atoms with Gasteiger partial charge in [-0.2, -0.15) is 0 Å². The lowest BCUT2D eigenvalue weighted by molar-refractivity contribution is 0.100. The van der Waals surface area contributed by atoms with Crippen molar-refractivity contribution in [3.63, 3.8) is 0 Å². The molecule has 3 heteroatoms. The minimum Gasteiger partial charge on any atom is -0.381 e. The number of nitrogens with one attached hydrogen (secondary N) is 1. The molecule has 2 rings (SSSR count). The zero-order valence-corrected chi connectivity index (χ0v) is 14.0. The molecule has 0 bridgehead atoms. The standard InChI is InChI=1S/C17H34N2O/c1-14(2)7-9-19(16-5-6-16)12-17(8-10-20-13-17)11-18-15(3)4/h14-16,18H,5-13H2,1-4H3. The maximum atomic E-state index is 5.75. The fourth-order valence-electron chi connectivity index (χ4n) is 3.08. The number of nitrogens with zero attached hydrogens (tertiary/aromatic N) is 1. The second-order valence-corrected chi connectivity index (χ2v) is 7.72. The van der Waals surface area contributed by atoms with E-state index in [9.17, 15) is 0 Å². The molecule has 1 saturated heterocycles. The summed E-state index contributed by atoms with van der Waals surface area (Å²) in [5.74, 6) is 0.806. The van der Waals surface area contributed by atoms with Crippen LogP contribution in [0.4, 0.5) is 0 Å². The van der Waals surface area contributed by atoms with E-state index in [4.69, 9.17) is 4.74 Å². The van der Waals surface area contributed by atoms with Gasteiger partial charge in [0.15, 0.2) is 0 Å². The molecule has 20 heavy (non-hydrogen) atoms. The normalized spacial score (nSPS) is 27.1. The molecule has 1 atom stereocenters. The first-order chi connectivity index (χ1) is 9.51. The molecule has 1 heterocycles. The number of hydrogen-bond acceptors (Lipinski definition) is 3. The van der Waals surface area contributed by atoms with Gasteiger partial charge in [-0.15, -0.1) is 0 Å². The van der Waals surface area contributed by atoms with E-state index < -0.39 is 0 Å². The first-order valence-corrected chi connectivity index (χ1v) is 8.56. The summed E-state index contributed by atoms with van der Waals surface area (Å²) in [6.07, 6.45) is 5.36. The Morgan fingerprint density at radius 2 is 2.00 bits per heavy atom. The zero-order valence-electron chi connectivity index (χ0n) is 14.0. The topological polar surface area (TPSA) is 24.5 Å². The Balaban J connectivity index is 1.90. The Bertz CT molecular complexity index is 281. The molecule has 3 nitrogen and oxygen atoms in total. The van der Waals surface area contributed by atoms with Gasteiger partial charge in [-0.1, -0.05) is 27.7 Å². The molecular weight excluding hydrogens is 248 g/mol. The lowest BCUT2D eigenvalue weighted by atomic mass is 9.86. The van der Waals surface area contributed by atoms with Crippen LogP contribution in [-0.2, 0) is 4.74 Å². The summed E-state index contributed by atoms with van der Waals surface area (Å²) in [5, 5.41) is 3.65. The minimum absolute atomic E-state index is 0.351. The highest BCUT2D eigenvalue weighted by molar-refractivity contribution is 4.93. The van der Waals surface area contributed by atoms with Crippen LogP contribution in [0.25, 0.3) is 0 Å². The summed E-state index contributed by atoms with van der Waals surface area (Å²) in [4.78, 5) is 2.76. The van der Waals surface area contributed by atoms with E-state index in [1.54, 1.807) is 0 Å². The average molecular weight is 282 g/mol. The van der Waals surface area contributed by atoms with Gasteiger partial charge in [0.2, 0.25) is 0 Å². The van der Waals surface area contributed by atoms with Crippen molar-refractivity contribution in [2.45, 2.75) is 65.5 Å². The van der Waals surface area contributed by atoms with Gasteiger partial charge in [-0.05, 0) is 38.1 Å². The van der Waals surface area contributed by atoms with Crippen molar-refractivity contribution in [1.29, 1.82) is 0 Å². The Morgan fingerprint density at radius 3 is 2.50 bits per heavy atom. The minimum atomic E-state index is 0.351. The van der Waals surface area contributed by atoms with Crippen molar-refractivity contribution < 1.29 is 4.74 Å². The fourth-order valence-corrected chi connectivity index (χ4v) is 3.08. The molecule has 1 aliphatic heterocycles. The summed E-state index contributed by atoms with van der Waals surface area (Å²) in [6.45, 7) is 14.6. The SMILES string of the molecule is CC(C)CCN(CC1(CNC(C)C)CCOC1)C1CC1. The van der Waals surface area contributed by atoms with E-state index in [1.165, 1.54) is 38.8 Å². The Kier molecular flexibility index (Phi) is 5.88. The van der Waals surface area contributed by atoms with Gasteiger partial charge in [0.1, 0.15) is 0 Å². The molecule has 0 spiro atoms. The van der Waals surface area contributed by atoms with E-state index in [-0.39, 0.29) is 0 Å². The lowest BCUT2D eigenvalue weighted by Crippen LogP contribution is -2.47. The van der Waals surface area contributed by atoms with Crippen molar-refractivity contribution in [2.24, 2.45) is 11.3 Å². The van der Waals surface area contributed by atoms with Gasteiger partial charge < -0.3 is 10.1 Å². The van der Waals surface area contributed by atoms with Crippen molar-refractivity contribution in [2.75, 3.05) is 32.8 Å². The highest BCUT2D eigenvalue weighted by Gasteiger charge is 2.40. The molecular formula is C17H34N2O. The van der Waals surface area contributed by atoms with Crippen LogP contribution in [0.2, 0.25) is 0 Å². The maximum absolute atomic E-state index is 5.75. The highest BCUT2D eigenvalue weighted by atomic mass is 16.5. The van der Waals surface area contributed by atoms with Crippen LogP contribution in [0.5, 0.6) is 0 Å². The van der Waals surface area contributed by atoms with Gasteiger partial charge in [0.05, 0.1) is 6.61 Å². The molecule has 0 aromatic rings. The zero-order chi connectivity index (χ0) is 14.6. The molecule has 1 unspecified atom stereocenters. The molecule has 0 amide bonds. The number of rotatable bonds is 9. The van der Waals surface area contributed by atoms with E-state index in [0.29, 0.717) is 11.5 Å². The van der Waals surface area contributed by atoms with Crippen molar-refractivity contribution in [3.8, 4) is 0 Å². The Hall–Kier alpha value is -0.120. The largest absolute Gasteiger partial charge is 0.381 e. The summed E-state index contributed by atoms with van der Waals surface area (Å²) < 4.78 is 5.75. The molecule has 1 N–H and O–H groups in total. The summed E-state index contributed by atoms with van der Waals surface area (Å²) in [6, 6.07) is 1.43. The van der Waals surface area contributed by atoms with Gasteiger partial charge >= 0.3 is 0 Å². The number of ether oxygens (including phenoxy) is 1. The molecule has 118 valence electrons. The van der Waals surface area contributed by atoms with Crippen LogP contribution in [0.1, 0.15) is 53.4 Å². The molecule has 2 fully saturated rings. The van der Waals surface area contributed by atoms with Crippen LogP contribution in [0.3, 0.4) is 0 Å². The monoisotopic (exact) mass is 282 g/mol. The van der Waals surface area contributed by atoms with Crippen LogP contribution in [0.15, 0.2) is 0 Å². The van der Waals surface area contributed by atoms with Gasteiger partial charge in [0.25, 0.3) is 0 Å². The average Bonchev–Trinajstić information content (AvgIpc) is 3.13. The van der Waals surface area contributed by atoms with Gasteiger partial charge in [-0.3, -0.25) is 4.90 Å². The third kappa shape index (κ3) is 5.01. The van der Waals surface area contributed by atoms with Crippen LogP contribution < -0.4 is 5.32 Å². The molecule has 1 aliphatic carbocycles. The maximum Gasteiger partial charge on any atom is 0.0547 e. The van der Waals surface area contributed by atoms with E-state index in [1.807, 2.05) is 0 Å². The van der Waals surface area contributed by atoms with Gasteiger partial charge in [0, 0.05) is 37.2 Å². The molecule has 2 aliphatic rings. The molecule has 1 saturated carbocycles. The predicted octanol–water partition coefficient (Wildman–Crippen LogP) is 2.90. The quantitative estimate of drug-likeness (QED) is 0.704. The molecule has 0 aromatic carbocycles. The highest BCUT2D eigenvalue weighted by Crippen LogP contribution is 2.35. The van der Waals surface area contributed by atoms with Crippen LogP contribution >= 0.6 is 0 Å². The van der Waals surface area contributed by atoms with Crippen molar-refractivity contribution in [1.82, 2.24) is 10.2 Å². The fraction of sp³-hybridized carbons (Fsp3) is 1.00. The molecule has 0 aromatic heterocycles. The third-order valence-corrected chi connectivity index (χ3v) is 4.67. The van der Waals surface area contributed by atoms with Crippen molar-refractivity contribution >= 4 is 0 Å². The lowest BCUT2D eigenvalue weighted by Gasteiger charge is -2.35. The van der Waals surface area contributed by atoms with E-state index >= 15 is 0 Å².